The van der Waals surface area contributed by atoms with Crippen molar-refractivity contribution in [3.8, 4) is 0 Å². The van der Waals surface area contributed by atoms with Crippen molar-refractivity contribution in [1.82, 2.24) is 0 Å². The smallest absolute Gasteiger partial charge is 0.0655 e. The van der Waals surface area contributed by atoms with Gasteiger partial charge in [-0.2, -0.15) is 0 Å². The van der Waals surface area contributed by atoms with E-state index in [1.807, 2.05) is 0 Å². The lowest BCUT2D eigenvalue weighted by Gasteiger charge is -1.98. The van der Waals surface area contributed by atoms with Gasteiger partial charge in [-0.3, -0.25) is 0 Å². The second-order valence-electron chi connectivity index (χ2n) is 5.17. The maximum atomic E-state index is 5.56. The van der Waals surface area contributed by atoms with Gasteiger partial charge < -0.3 is 4.74 Å². The van der Waals surface area contributed by atoms with Gasteiger partial charge >= 0.3 is 0 Å². The van der Waals surface area contributed by atoms with Gasteiger partial charge in [-0.1, -0.05) is 84.0 Å². The van der Waals surface area contributed by atoms with Gasteiger partial charge in [-0.15, -0.1) is 0 Å². The van der Waals surface area contributed by atoms with E-state index in [2.05, 4.69) is 86.7 Å². The highest BCUT2D eigenvalue weighted by molar-refractivity contribution is 5.51. The quantitative estimate of drug-likeness (QED) is 0.672. The van der Waals surface area contributed by atoms with Crippen molar-refractivity contribution in [2.75, 3.05) is 13.2 Å². The predicted molar refractivity (Wildman–Crippen MR) is 91.2 cm³/mol. The van der Waals surface area contributed by atoms with Crippen LogP contribution in [0.5, 0.6) is 0 Å². The lowest BCUT2D eigenvalue weighted by molar-refractivity contribution is 0.195. The van der Waals surface area contributed by atoms with Gasteiger partial charge in [-0.25, -0.2) is 0 Å². The average Bonchev–Trinajstić information content (AvgIpc) is 2.46. The molecule has 0 saturated heterocycles. The highest BCUT2D eigenvalue weighted by Crippen LogP contribution is 2.06. The van der Waals surface area contributed by atoms with Gasteiger partial charge in [-0.05, 0) is 25.0 Å². The molecule has 0 aliphatic rings. The van der Waals surface area contributed by atoms with E-state index in [4.69, 9.17) is 4.74 Å². The summed E-state index contributed by atoms with van der Waals surface area (Å²) in [7, 11) is 0. The molecule has 0 fully saturated rings. The molecular weight excluding hydrogens is 256 g/mol. The minimum absolute atomic E-state index is 0.631. The molecule has 0 aromatic heterocycles. The lowest BCUT2D eigenvalue weighted by atomic mass is 10.1. The first-order chi connectivity index (χ1) is 10.2. The van der Waals surface area contributed by atoms with Crippen molar-refractivity contribution in [1.29, 1.82) is 0 Å². The summed E-state index contributed by atoms with van der Waals surface area (Å²) in [5.74, 6) is 0. The van der Waals surface area contributed by atoms with Gasteiger partial charge in [0, 0.05) is 0 Å². The van der Waals surface area contributed by atoms with Crippen molar-refractivity contribution in [2.24, 2.45) is 0 Å². The van der Waals surface area contributed by atoms with Crippen LogP contribution in [-0.4, -0.2) is 13.2 Å². The van der Waals surface area contributed by atoms with E-state index >= 15 is 0 Å². The molecule has 1 heteroatoms. The molecule has 0 aliphatic carbocycles. The Bertz CT molecular complexity index is 568. The third-order valence-corrected chi connectivity index (χ3v) is 3.13. The monoisotopic (exact) mass is 278 g/mol. The first-order valence-corrected chi connectivity index (χ1v) is 7.28. The fourth-order valence-electron chi connectivity index (χ4n) is 2.12. The summed E-state index contributed by atoms with van der Waals surface area (Å²) < 4.78 is 5.56. The lowest BCUT2D eigenvalue weighted by Crippen LogP contribution is -1.90. The maximum Gasteiger partial charge on any atom is 0.0655 e. The van der Waals surface area contributed by atoms with Gasteiger partial charge in [0.25, 0.3) is 0 Å². The normalized spacial score (nSPS) is 11.5. The molecule has 0 atom stereocenters. The van der Waals surface area contributed by atoms with Crippen LogP contribution in [0.25, 0.3) is 12.2 Å². The minimum Gasteiger partial charge on any atom is -0.373 e. The third kappa shape index (κ3) is 5.80. The van der Waals surface area contributed by atoms with Crippen LogP contribution in [0.2, 0.25) is 0 Å². The van der Waals surface area contributed by atoms with Crippen molar-refractivity contribution < 1.29 is 4.74 Å². The zero-order valence-corrected chi connectivity index (χ0v) is 12.8. The first-order valence-electron chi connectivity index (χ1n) is 7.28. The van der Waals surface area contributed by atoms with E-state index in [-0.39, 0.29) is 0 Å². The van der Waals surface area contributed by atoms with Gasteiger partial charge in [0.05, 0.1) is 13.2 Å². The van der Waals surface area contributed by atoms with E-state index in [0.29, 0.717) is 13.2 Å². The molecule has 0 spiro atoms. The molecule has 21 heavy (non-hydrogen) atoms. The molecule has 0 radical (unpaired) electrons. The number of benzene rings is 2. The molecule has 2 aromatic carbocycles. The Kier molecular flexibility index (Phi) is 5.99. The van der Waals surface area contributed by atoms with Crippen LogP contribution in [0.15, 0.2) is 60.7 Å². The molecule has 0 heterocycles. The average molecular weight is 278 g/mol. The van der Waals surface area contributed by atoms with Crippen molar-refractivity contribution in [3.63, 3.8) is 0 Å². The Morgan fingerprint density at radius 2 is 1.24 bits per heavy atom. The molecule has 0 amide bonds. The Labute approximate surface area is 127 Å². The van der Waals surface area contributed by atoms with Gasteiger partial charge in [0.2, 0.25) is 0 Å². The zero-order valence-electron chi connectivity index (χ0n) is 12.8. The number of hydrogen-bond acceptors (Lipinski definition) is 1. The molecule has 108 valence electrons. The summed E-state index contributed by atoms with van der Waals surface area (Å²) in [4.78, 5) is 0. The molecule has 2 aromatic rings. The fraction of sp³-hybridized carbons (Fsp3) is 0.200. The molecule has 0 bridgehead atoms. The van der Waals surface area contributed by atoms with Crippen molar-refractivity contribution in [2.45, 2.75) is 13.8 Å². The van der Waals surface area contributed by atoms with Crippen LogP contribution in [0.3, 0.4) is 0 Å². The van der Waals surface area contributed by atoms with Crippen LogP contribution in [-0.2, 0) is 4.74 Å². The van der Waals surface area contributed by atoms with Gasteiger partial charge in [0.15, 0.2) is 0 Å². The number of hydrogen-bond donors (Lipinski definition) is 0. The molecule has 0 N–H and O–H groups in total. The Balaban J connectivity index is 1.70. The highest BCUT2D eigenvalue weighted by Gasteiger charge is 1.88. The van der Waals surface area contributed by atoms with Crippen LogP contribution in [0, 0.1) is 13.8 Å². The van der Waals surface area contributed by atoms with Crippen LogP contribution < -0.4 is 0 Å². The van der Waals surface area contributed by atoms with Crippen molar-refractivity contribution >= 4 is 12.2 Å². The summed E-state index contributed by atoms with van der Waals surface area (Å²) >= 11 is 0. The summed E-state index contributed by atoms with van der Waals surface area (Å²) in [6, 6.07) is 16.9. The Hall–Kier alpha value is -2.12. The maximum absolute atomic E-state index is 5.56. The van der Waals surface area contributed by atoms with E-state index in [1.165, 1.54) is 22.3 Å². The van der Waals surface area contributed by atoms with E-state index < -0.39 is 0 Å². The third-order valence-electron chi connectivity index (χ3n) is 3.13. The highest BCUT2D eigenvalue weighted by atomic mass is 16.5. The van der Waals surface area contributed by atoms with Crippen LogP contribution >= 0.6 is 0 Å². The summed E-state index contributed by atoms with van der Waals surface area (Å²) in [5.41, 5.74) is 4.99. The van der Waals surface area contributed by atoms with Crippen LogP contribution in [0.4, 0.5) is 0 Å². The number of aryl methyl sites for hydroxylation is 2. The van der Waals surface area contributed by atoms with Crippen LogP contribution in [0.1, 0.15) is 22.3 Å². The summed E-state index contributed by atoms with van der Waals surface area (Å²) in [6.45, 7) is 5.46. The van der Waals surface area contributed by atoms with Crippen molar-refractivity contribution in [3.05, 3.63) is 82.9 Å². The Morgan fingerprint density at radius 1 is 0.762 bits per heavy atom. The van der Waals surface area contributed by atoms with E-state index in [1.54, 1.807) is 0 Å². The topological polar surface area (TPSA) is 9.23 Å². The second kappa shape index (κ2) is 8.23. The molecule has 1 nitrogen and oxygen atoms in total. The summed E-state index contributed by atoms with van der Waals surface area (Å²) in [5, 5.41) is 0. The van der Waals surface area contributed by atoms with E-state index in [9.17, 15) is 0 Å². The largest absolute Gasteiger partial charge is 0.373 e. The molecule has 0 saturated carbocycles. The standard InChI is InChI=1S/C20H22O/c1-17-7-3-9-19(15-17)11-5-13-21-14-6-12-20-10-4-8-18(2)16-20/h3-12,15-16H,13-14H2,1-2H3. The molecule has 2 rings (SSSR count). The minimum atomic E-state index is 0.631. The molecular formula is C20H22O. The Morgan fingerprint density at radius 3 is 1.67 bits per heavy atom. The van der Waals surface area contributed by atoms with Gasteiger partial charge in [0.1, 0.15) is 0 Å². The first kappa shape index (κ1) is 15.3. The summed E-state index contributed by atoms with van der Waals surface area (Å²) in [6.07, 6.45) is 8.29. The zero-order chi connectivity index (χ0) is 14.9. The SMILES string of the molecule is Cc1cccc(C=CCOCC=Cc2cccc(C)c2)c1. The molecule has 0 aliphatic heterocycles. The molecule has 0 unspecified atom stereocenters. The van der Waals surface area contributed by atoms with E-state index in [0.717, 1.165) is 0 Å². The predicted octanol–water partition coefficient (Wildman–Crippen LogP) is 5.05. The second-order valence-corrected chi connectivity index (χ2v) is 5.17. The number of rotatable bonds is 6. The number of ether oxygens (including phenoxy) is 1. The fourth-order valence-corrected chi connectivity index (χ4v) is 2.12.